The second-order valence-electron chi connectivity index (χ2n) is 5.24. The first kappa shape index (κ1) is 18.7. The van der Waals surface area contributed by atoms with E-state index in [1.807, 2.05) is 0 Å². The number of methoxy groups -OCH3 is 2. The molecule has 0 unspecified atom stereocenters. The van der Waals surface area contributed by atoms with Gasteiger partial charge in [0, 0.05) is 17.3 Å². The molecule has 0 heterocycles. The second-order valence-corrected chi connectivity index (χ2v) is 5.24. The zero-order valence-electron chi connectivity index (χ0n) is 14.3. The average Bonchev–Trinajstić information content (AvgIpc) is 2.62. The van der Waals surface area contributed by atoms with Crippen LogP contribution in [-0.2, 0) is 11.2 Å². The van der Waals surface area contributed by atoms with Gasteiger partial charge in [-0.3, -0.25) is 14.9 Å². The van der Waals surface area contributed by atoms with E-state index in [2.05, 4.69) is 10.5 Å². The molecule has 0 aliphatic heterocycles. The van der Waals surface area contributed by atoms with Crippen LogP contribution < -0.4 is 20.6 Å². The number of nitrogens with two attached hydrogens (primary N) is 1. The highest BCUT2D eigenvalue weighted by atomic mass is 16.6. The molecule has 136 valence electrons. The summed E-state index contributed by atoms with van der Waals surface area (Å²) < 4.78 is 10.1. The van der Waals surface area contributed by atoms with Crippen molar-refractivity contribution in [2.24, 2.45) is 5.10 Å². The minimum atomic E-state index is -0.585. The highest BCUT2D eigenvalue weighted by Gasteiger charge is 2.21. The number of benzene rings is 2. The Morgan fingerprint density at radius 3 is 2.54 bits per heavy atom. The number of carbonyl (C=O) groups is 1. The van der Waals surface area contributed by atoms with Crippen molar-refractivity contribution in [1.82, 2.24) is 5.43 Å². The van der Waals surface area contributed by atoms with Gasteiger partial charge >= 0.3 is 5.69 Å². The topological polar surface area (TPSA) is 129 Å². The number of nitrogens with zero attached hydrogens (tertiary/aromatic N) is 2. The molecule has 2 rings (SSSR count). The van der Waals surface area contributed by atoms with Gasteiger partial charge in [0.1, 0.15) is 0 Å². The average molecular weight is 358 g/mol. The Labute approximate surface area is 149 Å². The molecule has 0 fully saturated rings. The molecule has 3 N–H and O–H groups in total. The molecule has 9 heteroatoms. The van der Waals surface area contributed by atoms with E-state index in [-0.39, 0.29) is 29.5 Å². The van der Waals surface area contributed by atoms with E-state index in [0.29, 0.717) is 11.3 Å². The molecule has 0 radical (unpaired) electrons. The number of hydrazone groups is 1. The van der Waals surface area contributed by atoms with E-state index in [9.17, 15) is 14.9 Å². The lowest BCUT2D eigenvalue weighted by atomic mass is 10.1. The number of amides is 1. The van der Waals surface area contributed by atoms with Crippen LogP contribution >= 0.6 is 0 Å². The number of nitrogens with one attached hydrogen (secondary N) is 1. The minimum Gasteiger partial charge on any atom is -0.493 e. The molecule has 26 heavy (non-hydrogen) atoms. The molecule has 2 aromatic rings. The van der Waals surface area contributed by atoms with Gasteiger partial charge < -0.3 is 15.2 Å². The van der Waals surface area contributed by atoms with Crippen LogP contribution in [0.2, 0.25) is 0 Å². The van der Waals surface area contributed by atoms with Crippen LogP contribution in [0.5, 0.6) is 11.5 Å². The molecule has 0 aromatic heterocycles. The summed E-state index contributed by atoms with van der Waals surface area (Å²) in [5, 5.41) is 15.0. The Morgan fingerprint density at radius 2 is 1.96 bits per heavy atom. The molecule has 0 atom stereocenters. The quantitative estimate of drug-likeness (QED) is 0.336. The van der Waals surface area contributed by atoms with E-state index in [1.165, 1.54) is 32.6 Å². The van der Waals surface area contributed by atoms with Gasteiger partial charge in [0.05, 0.1) is 31.8 Å². The SMILES string of the molecule is COc1cc(/C=N\NC(=O)Cc2ccc(N)cc2)cc([N+](=O)[O-])c1OC. The first-order valence-corrected chi connectivity index (χ1v) is 7.51. The lowest BCUT2D eigenvalue weighted by Gasteiger charge is -2.08. The van der Waals surface area contributed by atoms with E-state index >= 15 is 0 Å². The fourth-order valence-electron chi connectivity index (χ4n) is 2.21. The zero-order chi connectivity index (χ0) is 19.1. The van der Waals surface area contributed by atoms with Gasteiger partial charge in [-0.05, 0) is 23.8 Å². The first-order chi connectivity index (χ1) is 12.4. The van der Waals surface area contributed by atoms with Gasteiger partial charge in [-0.1, -0.05) is 12.1 Å². The standard InChI is InChI=1S/C17H18N4O5/c1-25-15-8-12(7-14(21(23)24)17(15)26-2)10-19-20-16(22)9-11-3-5-13(18)6-4-11/h3-8,10H,9,18H2,1-2H3,(H,20,22)/b19-10-. The third kappa shape index (κ3) is 4.69. The molecule has 0 spiro atoms. The van der Waals surface area contributed by atoms with Crippen LogP contribution in [0, 0.1) is 10.1 Å². The molecule has 2 aromatic carbocycles. The number of hydrogen-bond acceptors (Lipinski definition) is 7. The summed E-state index contributed by atoms with van der Waals surface area (Å²) in [5.41, 5.74) is 9.47. The van der Waals surface area contributed by atoms with Crippen molar-refractivity contribution in [3.8, 4) is 11.5 Å². The lowest BCUT2D eigenvalue weighted by Crippen LogP contribution is -2.19. The number of carbonyl (C=O) groups excluding carboxylic acids is 1. The summed E-state index contributed by atoms with van der Waals surface area (Å²) in [6, 6.07) is 9.69. The van der Waals surface area contributed by atoms with Crippen molar-refractivity contribution < 1.29 is 19.2 Å². The van der Waals surface area contributed by atoms with Crippen LogP contribution in [0.4, 0.5) is 11.4 Å². The summed E-state index contributed by atoms with van der Waals surface area (Å²) in [4.78, 5) is 22.4. The van der Waals surface area contributed by atoms with Crippen molar-refractivity contribution >= 4 is 23.5 Å². The van der Waals surface area contributed by atoms with Gasteiger partial charge in [0.25, 0.3) is 0 Å². The molecule has 1 amide bonds. The van der Waals surface area contributed by atoms with Crippen molar-refractivity contribution in [1.29, 1.82) is 0 Å². The molecule has 0 bridgehead atoms. The largest absolute Gasteiger partial charge is 0.493 e. The molecular weight excluding hydrogens is 340 g/mol. The van der Waals surface area contributed by atoms with E-state index in [0.717, 1.165) is 5.56 Å². The molecule has 9 nitrogen and oxygen atoms in total. The molecule has 0 saturated heterocycles. The maximum Gasteiger partial charge on any atom is 0.315 e. The minimum absolute atomic E-state index is 0.0158. The number of ether oxygens (including phenoxy) is 2. The normalized spacial score (nSPS) is 10.5. The Kier molecular flexibility index (Phi) is 6.10. The van der Waals surface area contributed by atoms with Gasteiger partial charge in [0.2, 0.25) is 11.7 Å². The van der Waals surface area contributed by atoms with Gasteiger partial charge in [-0.25, -0.2) is 5.43 Å². The lowest BCUT2D eigenvalue weighted by molar-refractivity contribution is -0.385. The Hall–Kier alpha value is -3.62. The summed E-state index contributed by atoms with van der Waals surface area (Å²) in [6.45, 7) is 0. The number of nitro benzene ring substituents is 1. The molecule has 0 saturated carbocycles. The summed E-state index contributed by atoms with van der Waals surface area (Å²) >= 11 is 0. The summed E-state index contributed by atoms with van der Waals surface area (Å²) in [5.74, 6) is -0.126. The number of rotatable bonds is 7. The second kappa shape index (κ2) is 8.47. The zero-order valence-corrected chi connectivity index (χ0v) is 14.3. The number of anilines is 1. The highest BCUT2D eigenvalue weighted by Crippen LogP contribution is 2.37. The number of hydrogen-bond donors (Lipinski definition) is 2. The highest BCUT2D eigenvalue weighted by molar-refractivity contribution is 5.85. The smallest absolute Gasteiger partial charge is 0.315 e. The molecule has 0 aliphatic carbocycles. The van der Waals surface area contributed by atoms with E-state index < -0.39 is 4.92 Å². The van der Waals surface area contributed by atoms with Crippen molar-refractivity contribution in [3.05, 3.63) is 57.6 Å². The van der Waals surface area contributed by atoms with E-state index in [4.69, 9.17) is 15.2 Å². The summed E-state index contributed by atoms with van der Waals surface area (Å²) in [6.07, 6.45) is 1.42. The van der Waals surface area contributed by atoms with Crippen LogP contribution in [-0.4, -0.2) is 31.3 Å². The van der Waals surface area contributed by atoms with Gasteiger partial charge in [0.15, 0.2) is 5.75 Å². The maximum atomic E-state index is 11.9. The molecule has 0 aliphatic rings. The van der Waals surface area contributed by atoms with Crippen LogP contribution in [0.1, 0.15) is 11.1 Å². The Balaban J connectivity index is 2.09. The fraction of sp³-hybridized carbons (Fsp3) is 0.176. The van der Waals surface area contributed by atoms with Crippen molar-refractivity contribution in [3.63, 3.8) is 0 Å². The van der Waals surface area contributed by atoms with E-state index in [1.54, 1.807) is 24.3 Å². The van der Waals surface area contributed by atoms with Crippen LogP contribution in [0.3, 0.4) is 0 Å². The van der Waals surface area contributed by atoms with Crippen molar-refractivity contribution in [2.45, 2.75) is 6.42 Å². The fourth-order valence-corrected chi connectivity index (χ4v) is 2.21. The third-order valence-electron chi connectivity index (χ3n) is 3.43. The predicted molar refractivity (Wildman–Crippen MR) is 96.5 cm³/mol. The van der Waals surface area contributed by atoms with Crippen molar-refractivity contribution in [2.75, 3.05) is 20.0 Å². The van der Waals surface area contributed by atoms with Crippen LogP contribution in [0.15, 0.2) is 41.5 Å². The van der Waals surface area contributed by atoms with Crippen LogP contribution in [0.25, 0.3) is 0 Å². The number of nitro groups is 1. The third-order valence-corrected chi connectivity index (χ3v) is 3.43. The number of nitrogen functional groups attached to an aromatic ring is 1. The van der Waals surface area contributed by atoms with Gasteiger partial charge in [-0.2, -0.15) is 5.10 Å². The first-order valence-electron chi connectivity index (χ1n) is 7.51. The van der Waals surface area contributed by atoms with Gasteiger partial charge in [-0.15, -0.1) is 0 Å². The monoisotopic (exact) mass is 358 g/mol. The summed E-state index contributed by atoms with van der Waals surface area (Å²) in [7, 11) is 2.69. The predicted octanol–water partition coefficient (Wildman–Crippen LogP) is 1.89. The molecular formula is C17H18N4O5. The Bertz CT molecular complexity index is 834. The maximum absolute atomic E-state index is 11.9. The Morgan fingerprint density at radius 1 is 1.27 bits per heavy atom.